The van der Waals surface area contributed by atoms with Crippen LogP contribution in [-0.2, 0) is 4.79 Å². The summed E-state index contributed by atoms with van der Waals surface area (Å²) in [7, 11) is 0. The largest absolute Gasteiger partial charge is 0.481 e. The maximum absolute atomic E-state index is 11.8. The minimum atomic E-state index is -0.685. The number of urea groups is 1. The van der Waals surface area contributed by atoms with Gasteiger partial charge in [-0.1, -0.05) is 27.7 Å². The van der Waals surface area contributed by atoms with Crippen LogP contribution < -0.4 is 10.6 Å². The van der Waals surface area contributed by atoms with Gasteiger partial charge in [-0.2, -0.15) is 0 Å². The fourth-order valence-corrected chi connectivity index (χ4v) is 2.43. The van der Waals surface area contributed by atoms with Gasteiger partial charge in [0.05, 0.1) is 5.92 Å². The Bertz CT molecular complexity index is 359. The van der Waals surface area contributed by atoms with Gasteiger partial charge < -0.3 is 15.7 Å². The topological polar surface area (TPSA) is 78.4 Å². The molecule has 1 fully saturated rings. The minimum absolute atomic E-state index is 0.0802. The highest BCUT2D eigenvalue weighted by Crippen LogP contribution is 2.28. The average Bonchev–Trinajstić information content (AvgIpc) is 2.43. The highest BCUT2D eigenvalue weighted by molar-refractivity contribution is 5.73. The monoisotopic (exact) mass is 298 g/mol. The van der Waals surface area contributed by atoms with Crippen LogP contribution in [0.4, 0.5) is 4.79 Å². The van der Waals surface area contributed by atoms with Crippen molar-refractivity contribution in [2.45, 2.75) is 53.4 Å². The molecule has 0 radical (unpaired) electrons. The molecule has 0 aromatic heterocycles. The molecular formula is C16H30N2O3. The molecule has 0 aromatic carbocycles. The molecule has 1 saturated carbocycles. The van der Waals surface area contributed by atoms with Crippen molar-refractivity contribution in [3.63, 3.8) is 0 Å². The molecule has 0 spiro atoms. The van der Waals surface area contributed by atoms with Crippen molar-refractivity contribution in [3.8, 4) is 0 Å². The fourth-order valence-electron chi connectivity index (χ4n) is 2.43. The quantitative estimate of drug-likeness (QED) is 0.705. The third-order valence-electron chi connectivity index (χ3n) is 5.01. The summed E-state index contributed by atoms with van der Waals surface area (Å²) in [6, 6.07) is -0.121. The summed E-state index contributed by atoms with van der Waals surface area (Å²) < 4.78 is 0. The summed E-state index contributed by atoms with van der Waals surface area (Å²) in [6.07, 6.45) is 3.22. The molecule has 2 amide bonds. The van der Waals surface area contributed by atoms with E-state index in [0.29, 0.717) is 24.9 Å². The number of aliphatic carboxylic acids is 1. The zero-order chi connectivity index (χ0) is 16.0. The molecular weight excluding hydrogens is 268 g/mol. The molecule has 0 atom stereocenters. The molecule has 0 saturated heterocycles. The summed E-state index contributed by atoms with van der Waals surface area (Å²) in [5.74, 6) is 0.0329. The number of carbonyl (C=O) groups excluding carboxylic acids is 1. The first kappa shape index (κ1) is 17.8. The van der Waals surface area contributed by atoms with Crippen molar-refractivity contribution in [2.24, 2.45) is 23.2 Å². The smallest absolute Gasteiger partial charge is 0.314 e. The second-order valence-electron chi connectivity index (χ2n) is 7.26. The molecule has 0 aliphatic heterocycles. The van der Waals surface area contributed by atoms with Crippen LogP contribution in [0, 0.1) is 23.2 Å². The maximum atomic E-state index is 11.8. The first-order valence-electron chi connectivity index (χ1n) is 7.97. The Morgan fingerprint density at radius 3 is 2.19 bits per heavy atom. The number of amides is 2. The Hall–Kier alpha value is -1.26. The van der Waals surface area contributed by atoms with Crippen molar-refractivity contribution in [3.05, 3.63) is 0 Å². The third-order valence-corrected chi connectivity index (χ3v) is 5.01. The number of nitrogens with one attached hydrogen (secondary N) is 2. The maximum Gasteiger partial charge on any atom is 0.314 e. The van der Waals surface area contributed by atoms with E-state index in [1.54, 1.807) is 0 Å². The van der Waals surface area contributed by atoms with Gasteiger partial charge >= 0.3 is 12.0 Å². The summed E-state index contributed by atoms with van der Waals surface area (Å²) in [4.78, 5) is 22.7. The van der Waals surface area contributed by atoms with Crippen molar-refractivity contribution < 1.29 is 14.7 Å². The van der Waals surface area contributed by atoms with Crippen LogP contribution in [0.2, 0.25) is 0 Å². The normalized spacial score (nSPS) is 22.9. The summed E-state index contributed by atoms with van der Waals surface area (Å²) in [5.41, 5.74) is 0.0802. The minimum Gasteiger partial charge on any atom is -0.481 e. The zero-order valence-corrected chi connectivity index (χ0v) is 13.7. The Morgan fingerprint density at radius 1 is 1.14 bits per heavy atom. The molecule has 5 heteroatoms. The predicted octanol–water partition coefficient (Wildman–Crippen LogP) is 2.86. The van der Waals surface area contributed by atoms with Crippen LogP contribution in [0.3, 0.4) is 0 Å². The molecule has 0 heterocycles. The zero-order valence-electron chi connectivity index (χ0n) is 13.7. The van der Waals surface area contributed by atoms with Gasteiger partial charge in [-0.05, 0) is 42.9 Å². The number of carboxylic acid groups (broad SMARTS) is 1. The van der Waals surface area contributed by atoms with Gasteiger partial charge in [-0.3, -0.25) is 4.79 Å². The Balaban J connectivity index is 2.21. The molecule has 0 unspecified atom stereocenters. The molecule has 3 N–H and O–H groups in total. The Labute approximate surface area is 127 Å². The van der Waals surface area contributed by atoms with Gasteiger partial charge in [0.1, 0.15) is 0 Å². The van der Waals surface area contributed by atoms with E-state index in [9.17, 15) is 9.59 Å². The van der Waals surface area contributed by atoms with Gasteiger partial charge in [-0.15, -0.1) is 0 Å². The third kappa shape index (κ3) is 5.94. The van der Waals surface area contributed by atoms with Crippen LogP contribution in [-0.4, -0.2) is 30.2 Å². The van der Waals surface area contributed by atoms with Crippen LogP contribution in [0.5, 0.6) is 0 Å². The second-order valence-corrected chi connectivity index (χ2v) is 7.26. The van der Waals surface area contributed by atoms with Crippen LogP contribution in [0.15, 0.2) is 0 Å². The molecule has 1 aliphatic carbocycles. The number of hydrogen-bond acceptors (Lipinski definition) is 2. The molecule has 5 nitrogen and oxygen atoms in total. The van der Waals surface area contributed by atoms with Crippen LogP contribution in [0.25, 0.3) is 0 Å². The van der Waals surface area contributed by atoms with E-state index in [-0.39, 0.29) is 17.4 Å². The summed E-state index contributed by atoms with van der Waals surface area (Å²) in [5, 5.41) is 14.8. The van der Waals surface area contributed by atoms with Crippen molar-refractivity contribution >= 4 is 12.0 Å². The van der Waals surface area contributed by atoms with E-state index in [2.05, 4.69) is 38.3 Å². The number of rotatable bonds is 6. The van der Waals surface area contributed by atoms with Gasteiger partial charge in [0.15, 0.2) is 0 Å². The standard InChI is InChI=1S/C16H30N2O3/c1-11(2)16(3,4)10-18-15(21)17-9-12-5-7-13(8-6-12)14(19)20/h11-13H,5-10H2,1-4H3,(H,19,20)(H2,17,18,21). The predicted molar refractivity (Wildman–Crippen MR) is 83.1 cm³/mol. The van der Waals surface area contributed by atoms with Crippen molar-refractivity contribution in [1.29, 1.82) is 0 Å². The molecule has 0 aromatic rings. The van der Waals surface area contributed by atoms with Gasteiger partial charge in [-0.25, -0.2) is 4.79 Å². The number of carboxylic acids is 1. The molecule has 0 bridgehead atoms. The Kier molecular flexibility index (Phi) is 6.49. The highest BCUT2D eigenvalue weighted by Gasteiger charge is 2.26. The van der Waals surface area contributed by atoms with E-state index in [0.717, 1.165) is 25.7 Å². The lowest BCUT2D eigenvalue weighted by Crippen LogP contribution is -2.44. The van der Waals surface area contributed by atoms with Crippen molar-refractivity contribution in [2.75, 3.05) is 13.1 Å². The first-order valence-corrected chi connectivity index (χ1v) is 7.97. The lowest BCUT2D eigenvalue weighted by molar-refractivity contribution is -0.143. The molecule has 1 aliphatic rings. The van der Waals surface area contributed by atoms with E-state index in [1.807, 2.05) is 0 Å². The van der Waals surface area contributed by atoms with E-state index >= 15 is 0 Å². The van der Waals surface area contributed by atoms with Gasteiger partial charge in [0, 0.05) is 13.1 Å². The first-order chi connectivity index (χ1) is 9.72. The number of hydrogen-bond donors (Lipinski definition) is 3. The lowest BCUT2D eigenvalue weighted by atomic mass is 9.81. The number of carbonyl (C=O) groups is 2. The highest BCUT2D eigenvalue weighted by atomic mass is 16.4. The van der Waals surface area contributed by atoms with Gasteiger partial charge in [0.2, 0.25) is 0 Å². The fraction of sp³-hybridized carbons (Fsp3) is 0.875. The van der Waals surface area contributed by atoms with Gasteiger partial charge in [0.25, 0.3) is 0 Å². The average molecular weight is 298 g/mol. The van der Waals surface area contributed by atoms with Crippen LogP contribution >= 0.6 is 0 Å². The molecule has 21 heavy (non-hydrogen) atoms. The summed E-state index contributed by atoms with van der Waals surface area (Å²) in [6.45, 7) is 9.89. The van der Waals surface area contributed by atoms with Crippen molar-refractivity contribution in [1.82, 2.24) is 10.6 Å². The van der Waals surface area contributed by atoms with E-state index in [1.165, 1.54) is 0 Å². The summed E-state index contributed by atoms with van der Waals surface area (Å²) >= 11 is 0. The Morgan fingerprint density at radius 2 is 1.71 bits per heavy atom. The van der Waals surface area contributed by atoms with Crippen LogP contribution in [0.1, 0.15) is 53.4 Å². The second kappa shape index (κ2) is 7.66. The lowest BCUT2D eigenvalue weighted by Gasteiger charge is -2.30. The molecule has 122 valence electrons. The van der Waals surface area contributed by atoms with E-state index < -0.39 is 5.97 Å². The van der Waals surface area contributed by atoms with E-state index in [4.69, 9.17) is 5.11 Å². The molecule has 1 rings (SSSR count). The SMILES string of the molecule is CC(C)C(C)(C)CNC(=O)NCC1CCC(C(=O)O)CC1.